The molecule has 0 aliphatic heterocycles. The normalized spacial score (nSPS) is 10.1. The number of hydrogen-bond donors (Lipinski definition) is 2. The minimum Gasteiger partial charge on any atom is -0.476 e. The average Bonchev–Trinajstić information content (AvgIpc) is 2.19. The summed E-state index contributed by atoms with van der Waals surface area (Å²) in [5.74, 6) is -1.23. The van der Waals surface area contributed by atoms with Crippen LogP contribution in [0.15, 0.2) is 16.7 Å². The Morgan fingerprint density at radius 2 is 2.12 bits per heavy atom. The van der Waals surface area contributed by atoms with Gasteiger partial charge in [-0.3, -0.25) is 5.32 Å². The third kappa shape index (κ3) is 4.03. The number of carbonyl (C=O) groups is 2. The quantitative estimate of drug-likeness (QED) is 0.838. The Balaban J connectivity index is 2.91. The molecule has 0 aromatic carbocycles. The van der Waals surface area contributed by atoms with Crippen LogP contribution in [0.1, 0.15) is 24.3 Å². The zero-order chi connectivity index (χ0) is 13.0. The van der Waals surface area contributed by atoms with Crippen molar-refractivity contribution in [3.8, 4) is 0 Å². The van der Waals surface area contributed by atoms with E-state index in [-0.39, 0.29) is 17.5 Å². The van der Waals surface area contributed by atoms with Crippen molar-refractivity contribution in [2.45, 2.75) is 20.0 Å². The zero-order valence-electron chi connectivity index (χ0n) is 9.23. The lowest BCUT2D eigenvalue weighted by Crippen LogP contribution is -2.20. The number of amides is 1. The van der Waals surface area contributed by atoms with Crippen LogP contribution >= 0.6 is 15.9 Å². The van der Waals surface area contributed by atoms with Gasteiger partial charge in [0.25, 0.3) is 0 Å². The maximum Gasteiger partial charge on any atom is 0.411 e. The predicted octanol–water partition coefficient (Wildman–Crippen LogP) is 2.50. The Hall–Kier alpha value is -1.63. The van der Waals surface area contributed by atoms with Crippen LogP contribution in [0.2, 0.25) is 0 Å². The Bertz CT molecular complexity index is 448. The van der Waals surface area contributed by atoms with Crippen LogP contribution in [-0.2, 0) is 4.74 Å². The maximum absolute atomic E-state index is 11.3. The standard InChI is InChI=1S/C10H11BrN2O4/c1-5(2)17-10(16)12-6-3-4-7(11)13-8(6)9(14)15/h3-5H,1-2H3,(H,12,16)(H,14,15). The van der Waals surface area contributed by atoms with E-state index in [0.717, 1.165) is 0 Å². The monoisotopic (exact) mass is 302 g/mol. The van der Waals surface area contributed by atoms with Crippen LogP contribution in [0.5, 0.6) is 0 Å². The minimum atomic E-state index is -1.23. The van der Waals surface area contributed by atoms with E-state index in [0.29, 0.717) is 4.60 Å². The van der Waals surface area contributed by atoms with Gasteiger partial charge in [-0.2, -0.15) is 0 Å². The molecule has 17 heavy (non-hydrogen) atoms. The summed E-state index contributed by atoms with van der Waals surface area (Å²) in [4.78, 5) is 26.0. The molecule has 0 radical (unpaired) electrons. The highest BCUT2D eigenvalue weighted by molar-refractivity contribution is 9.10. The fourth-order valence-electron chi connectivity index (χ4n) is 1.05. The van der Waals surface area contributed by atoms with Crippen molar-refractivity contribution >= 4 is 33.7 Å². The SMILES string of the molecule is CC(C)OC(=O)Nc1ccc(Br)nc1C(=O)O. The zero-order valence-corrected chi connectivity index (χ0v) is 10.8. The lowest BCUT2D eigenvalue weighted by molar-refractivity contribution is 0.0691. The number of halogens is 1. The summed E-state index contributed by atoms with van der Waals surface area (Å²) < 4.78 is 5.21. The van der Waals surface area contributed by atoms with E-state index in [1.165, 1.54) is 12.1 Å². The summed E-state index contributed by atoms with van der Waals surface area (Å²) in [5, 5.41) is 11.2. The van der Waals surface area contributed by atoms with E-state index in [4.69, 9.17) is 9.84 Å². The molecule has 0 aliphatic rings. The van der Waals surface area contributed by atoms with E-state index in [1.54, 1.807) is 13.8 Å². The number of carbonyl (C=O) groups excluding carboxylic acids is 1. The Morgan fingerprint density at radius 1 is 1.47 bits per heavy atom. The number of rotatable bonds is 3. The molecule has 0 spiro atoms. The smallest absolute Gasteiger partial charge is 0.411 e. The third-order valence-electron chi connectivity index (χ3n) is 1.64. The fourth-order valence-corrected chi connectivity index (χ4v) is 1.36. The second-order valence-corrected chi connectivity index (χ2v) is 4.23. The molecule has 0 atom stereocenters. The van der Waals surface area contributed by atoms with Gasteiger partial charge in [0.1, 0.15) is 4.60 Å². The number of nitrogens with one attached hydrogen (secondary N) is 1. The molecule has 1 heterocycles. The van der Waals surface area contributed by atoms with Gasteiger partial charge in [0.05, 0.1) is 11.8 Å². The van der Waals surface area contributed by atoms with Crippen LogP contribution in [0, 0.1) is 0 Å². The van der Waals surface area contributed by atoms with Crippen LogP contribution in [0.4, 0.5) is 10.5 Å². The summed E-state index contributed by atoms with van der Waals surface area (Å²) in [6.07, 6.45) is -1.00. The molecule has 1 aromatic heterocycles. The lowest BCUT2D eigenvalue weighted by atomic mass is 10.3. The van der Waals surface area contributed by atoms with Crippen molar-refractivity contribution in [2.24, 2.45) is 0 Å². The first-order valence-corrected chi connectivity index (χ1v) is 5.57. The Kier molecular flexibility index (Phi) is 4.45. The number of carboxylic acid groups (broad SMARTS) is 1. The van der Waals surface area contributed by atoms with E-state index in [2.05, 4.69) is 26.2 Å². The van der Waals surface area contributed by atoms with Gasteiger partial charge in [0, 0.05) is 0 Å². The molecule has 1 amide bonds. The molecule has 7 heteroatoms. The summed E-state index contributed by atoms with van der Waals surface area (Å²) in [6, 6.07) is 2.96. The molecular weight excluding hydrogens is 292 g/mol. The summed E-state index contributed by atoms with van der Waals surface area (Å²) in [6.45, 7) is 3.38. The lowest BCUT2D eigenvalue weighted by Gasteiger charge is -2.10. The van der Waals surface area contributed by atoms with Crippen molar-refractivity contribution in [3.63, 3.8) is 0 Å². The van der Waals surface area contributed by atoms with Gasteiger partial charge in [-0.05, 0) is 41.9 Å². The van der Waals surface area contributed by atoms with Crippen LogP contribution in [-0.4, -0.2) is 28.3 Å². The summed E-state index contributed by atoms with van der Waals surface area (Å²) >= 11 is 3.05. The summed E-state index contributed by atoms with van der Waals surface area (Å²) in [7, 11) is 0. The molecule has 92 valence electrons. The van der Waals surface area contributed by atoms with Crippen molar-refractivity contribution in [1.82, 2.24) is 4.98 Å². The molecular formula is C10H11BrN2O4. The number of carboxylic acids is 1. The second-order valence-electron chi connectivity index (χ2n) is 3.41. The molecule has 0 bridgehead atoms. The van der Waals surface area contributed by atoms with Crippen molar-refractivity contribution in [3.05, 3.63) is 22.4 Å². The van der Waals surface area contributed by atoms with E-state index < -0.39 is 12.1 Å². The molecule has 1 rings (SSSR count). The average molecular weight is 303 g/mol. The minimum absolute atomic E-state index is 0.0892. The van der Waals surface area contributed by atoms with Crippen molar-refractivity contribution in [1.29, 1.82) is 0 Å². The number of anilines is 1. The molecule has 2 N–H and O–H groups in total. The highest BCUT2D eigenvalue weighted by atomic mass is 79.9. The fraction of sp³-hybridized carbons (Fsp3) is 0.300. The Labute approximate surface area is 106 Å². The first-order chi connectivity index (χ1) is 7.90. The molecule has 0 aliphatic carbocycles. The number of aromatic nitrogens is 1. The van der Waals surface area contributed by atoms with Crippen LogP contribution < -0.4 is 5.32 Å². The number of hydrogen-bond acceptors (Lipinski definition) is 4. The largest absolute Gasteiger partial charge is 0.476 e. The maximum atomic E-state index is 11.3. The molecule has 1 aromatic rings. The highest BCUT2D eigenvalue weighted by Crippen LogP contribution is 2.17. The summed E-state index contributed by atoms with van der Waals surface area (Å²) in [5.41, 5.74) is -0.161. The van der Waals surface area contributed by atoms with Gasteiger partial charge in [0.2, 0.25) is 0 Å². The van der Waals surface area contributed by atoms with Gasteiger partial charge in [0.15, 0.2) is 5.69 Å². The molecule has 0 saturated heterocycles. The number of nitrogens with zero attached hydrogens (tertiary/aromatic N) is 1. The first-order valence-electron chi connectivity index (χ1n) is 4.77. The molecule has 0 unspecified atom stereocenters. The topological polar surface area (TPSA) is 88.5 Å². The second kappa shape index (κ2) is 5.62. The van der Waals surface area contributed by atoms with Crippen LogP contribution in [0.25, 0.3) is 0 Å². The van der Waals surface area contributed by atoms with Crippen molar-refractivity contribution < 1.29 is 19.4 Å². The van der Waals surface area contributed by atoms with Gasteiger partial charge >= 0.3 is 12.1 Å². The molecule has 0 saturated carbocycles. The number of aromatic carboxylic acids is 1. The molecule has 0 fully saturated rings. The number of pyridine rings is 1. The van der Waals surface area contributed by atoms with E-state index >= 15 is 0 Å². The van der Waals surface area contributed by atoms with Crippen molar-refractivity contribution in [2.75, 3.05) is 5.32 Å². The van der Waals surface area contributed by atoms with Gasteiger partial charge in [-0.25, -0.2) is 14.6 Å². The third-order valence-corrected chi connectivity index (χ3v) is 2.08. The van der Waals surface area contributed by atoms with Crippen LogP contribution in [0.3, 0.4) is 0 Å². The van der Waals surface area contributed by atoms with E-state index in [1.807, 2.05) is 0 Å². The van der Waals surface area contributed by atoms with E-state index in [9.17, 15) is 9.59 Å². The van der Waals surface area contributed by atoms with Gasteiger partial charge in [-0.1, -0.05) is 0 Å². The number of ether oxygens (including phenoxy) is 1. The Morgan fingerprint density at radius 3 is 2.65 bits per heavy atom. The first kappa shape index (κ1) is 13.4. The van der Waals surface area contributed by atoms with Gasteiger partial charge < -0.3 is 9.84 Å². The molecule has 6 nitrogen and oxygen atoms in total. The highest BCUT2D eigenvalue weighted by Gasteiger charge is 2.15. The predicted molar refractivity (Wildman–Crippen MR) is 64.1 cm³/mol. The van der Waals surface area contributed by atoms with Gasteiger partial charge in [-0.15, -0.1) is 0 Å².